The maximum atomic E-state index is 12.8. The van der Waals surface area contributed by atoms with Gasteiger partial charge in [-0.25, -0.2) is 13.1 Å². The van der Waals surface area contributed by atoms with E-state index in [-0.39, 0.29) is 16.1 Å². The SMILES string of the molecule is Cc1cnn(-c2ccc(C(=O)Nc3cccc(S(=O)(=O)C4CCCC4)c3)cc2)c1. The molecule has 1 amide bonds. The van der Waals surface area contributed by atoms with Gasteiger partial charge in [-0.1, -0.05) is 18.9 Å². The van der Waals surface area contributed by atoms with Gasteiger partial charge in [0, 0.05) is 17.4 Å². The Labute approximate surface area is 170 Å². The number of sulfone groups is 1. The largest absolute Gasteiger partial charge is 0.322 e. The van der Waals surface area contributed by atoms with Crippen molar-refractivity contribution < 1.29 is 13.2 Å². The quantitative estimate of drug-likeness (QED) is 0.686. The van der Waals surface area contributed by atoms with Crippen LogP contribution in [0.4, 0.5) is 5.69 Å². The lowest BCUT2D eigenvalue weighted by Gasteiger charge is -2.13. The zero-order chi connectivity index (χ0) is 20.4. The fourth-order valence-corrected chi connectivity index (χ4v) is 5.56. The molecular weight excluding hydrogens is 386 g/mol. The number of carbonyl (C=O) groups is 1. The van der Waals surface area contributed by atoms with E-state index in [1.165, 1.54) is 0 Å². The number of benzene rings is 2. The first-order valence-electron chi connectivity index (χ1n) is 9.70. The van der Waals surface area contributed by atoms with Crippen LogP contribution < -0.4 is 5.32 Å². The predicted molar refractivity (Wildman–Crippen MR) is 112 cm³/mol. The highest BCUT2D eigenvalue weighted by Gasteiger charge is 2.30. The van der Waals surface area contributed by atoms with Gasteiger partial charge in [0.2, 0.25) is 0 Å². The van der Waals surface area contributed by atoms with Crippen LogP contribution in [0.3, 0.4) is 0 Å². The molecule has 1 fully saturated rings. The minimum Gasteiger partial charge on any atom is -0.322 e. The summed E-state index contributed by atoms with van der Waals surface area (Å²) in [5.41, 5.74) is 2.88. The van der Waals surface area contributed by atoms with E-state index in [1.807, 2.05) is 25.3 Å². The molecule has 0 atom stereocenters. The van der Waals surface area contributed by atoms with Gasteiger partial charge in [-0.15, -0.1) is 0 Å². The molecular formula is C22H23N3O3S. The second-order valence-corrected chi connectivity index (χ2v) is 9.67. The van der Waals surface area contributed by atoms with Crippen molar-refractivity contribution in [2.45, 2.75) is 42.8 Å². The van der Waals surface area contributed by atoms with Crippen LogP contribution in [0.25, 0.3) is 5.69 Å². The number of carbonyl (C=O) groups excluding carboxylic acids is 1. The average molecular weight is 410 g/mol. The molecule has 2 aromatic carbocycles. The summed E-state index contributed by atoms with van der Waals surface area (Å²) in [5.74, 6) is -0.288. The molecule has 0 spiro atoms. The molecule has 0 aliphatic heterocycles. The van der Waals surface area contributed by atoms with Crippen molar-refractivity contribution in [1.29, 1.82) is 0 Å². The number of hydrogen-bond donors (Lipinski definition) is 1. The van der Waals surface area contributed by atoms with Crippen LogP contribution in [-0.2, 0) is 9.84 Å². The average Bonchev–Trinajstić information content (AvgIpc) is 3.41. The summed E-state index contributed by atoms with van der Waals surface area (Å²) >= 11 is 0. The van der Waals surface area contributed by atoms with Gasteiger partial charge in [0.25, 0.3) is 5.91 Å². The molecule has 29 heavy (non-hydrogen) atoms. The summed E-state index contributed by atoms with van der Waals surface area (Å²) in [7, 11) is -3.36. The number of aryl methyl sites for hydroxylation is 1. The molecule has 1 N–H and O–H groups in total. The second kappa shape index (κ2) is 7.83. The third kappa shape index (κ3) is 4.10. The lowest BCUT2D eigenvalue weighted by atomic mass is 10.2. The monoisotopic (exact) mass is 409 g/mol. The molecule has 150 valence electrons. The molecule has 0 unspecified atom stereocenters. The van der Waals surface area contributed by atoms with Gasteiger partial charge in [-0.2, -0.15) is 5.10 Å². The van der Waals surface area contributed by atoms with Crippen LogP contribution in [0.5, 0.6) is 0 Å². The maximum absolute atomic E-state index is 12.8. The molecule has 1 aromatic heterocycles. The Morgan fingerprint density at radius 1 is 1.10 bits per heavy atom. The molecule has 0 saturated heterocycles. The summed E-state index contributed by atoms with van der Waals surface area (Å²) in [6.07, 6.45) is 7.00. The van der Waals surface area contributed by atoms with E-state index in [9.17, 15) is 13.2 Å². The van der Waals surface area contributed by atoms with Crippen molar-refractivity contribution >= 4 is 21.4 Å². The highest BCUT2D eigenvalue weighted by atomic mass is 32.2. The molecule has 3 aromatic rings. The fraction of sp³-hybridized carbons (Fsp3) is 0.273. The summed E-state index contributed by atoms with van der Waals surface area (Å²) in [6, 6.07) is 13.6. The molecule has 0 radical (unpaired) electrons. The number of anilines is 1. The van der Waals surface area contributed by atoms with Crippen LogP contribution in [0.2, 0.25) is 0 Å². The standard InChI is InChI=1S/C22H23N3O3S/c1-16-14-23-25(15-16)19-11-9-17(10-12-19)22(26)24-18-5-4-8-21(13-18)29(27,28)20-6-2-3-7-20/h4-5,8-15,20H,2-3,6-7H2,1H3,(H,24,26). The third-order valence-electron chi connectivity index (χ3n) is 5.27. The Hall–Kier alpha value is -2.93. The molecule has 1 heterocycles. The van der Waals surface area contributed by atoms with E-state index in [0.717, 1.165) is 24.1 Å². The summed E-state index contributed by atoms with van der Waals surface area (Å²) in [6.45, 7) is 1.96. The minimum absolute atomic E-state index is 0.270. The predicted octanol–water partition coefficient (Wildman–Crippen LogP) is 4.15. The van der Waals surface area contributed by atoms with Gasteiger partial charge in [0.05, 0.1) is 22.0 Å². The highest BCUT2D eigenvalue weighted by molar-refractivity contribution is 7.92. The molecule has 1 aliphatic rings. The third-order valence-corrected chi connectivity index (χ3v) is 7.53. The lowest BCUT2D eigenvalue weighted by Crippen LogP contribution is -2.18. The highest BCUT2D eigenvalue weighted by Crippen LogP contribution is 2.30. The van der Waals surface area contributed by atoms with E-state index >= 15 is 0 Å². The molecule has 6 nitrogen and oxygen atoms in total. The van der Waals surface area contributed by atoms with E-state index in [1.54, 1.807) is 47.3 Å². The van der Waals surface area contributed by atoms with E-state index in [2.05, 4.69) is 10.4 Å². The van der Waals surface area contributed by atoms with Crippen molar-refractivity contribution in [3.8, 4) is 5.69 Å². The normalized spacial score (nSPS) is 14.8. The van der Waals surface area contributed by atoms with Crippen LogP contribution in [0, 0.1) is 6.92 Å². The van der Waals surface area contributed by atoms with Crippen molar-refractivity contribution in [1.82, 2.24) is 9.78 Å². The van der Waals surface area contributed by atoms with Crippen LogP contribution in [0.15, 0.2) is 65.8 Å². The molecule has 1 saturated carbocycles. The number of nitrogens with one attached hydrogen (secondary N) is 1. The fourth-order valence-electron chi connectivity index (χ4n) is 3.66. The second-order valence-electron chi connectivity index (χ2n) is 7.44. The summed E-state index contributed by atoms with van der Waals surface area (Å²) in [4.78, 5) is 12.9. The van der Waals surface area contributed by atoms with Gasteiger partial charge >= 0.3 is 0 Å². The Bertz CT molecular complexity index is 1130. The zero-order valence-corrected chi connectivity index (χ0v) is 17.0. The van der Waals surface area contributed by atoms with Crippen molar-refractivity contribution in [3.05, 3.63) is 72.1 Å². The van der Waals surface area contributed by atoms with Crippen LogP contribution >= 0.6 is 0 Å². The van der Waals surface area contributed by atoms with Crippen molar-refractivity contribution in [2.24, 2.45) is 0 Å². The first-order chi connectivity index (χ1) is 13.9. The molecule has 0 bridgehead atoms. The Morgan fingerprint density at radius 2 is 1.83 bits per heavy atom. The molecule has 1 aliphatic carbocycles. The Morgan fingerprint density at radius 3 is 2.48 bits per heavy atom. The minimum atomic E-state index is -3.36. The topological polar surface area (TPSA) is 81.1 Å². The first kappa shape index (κ1) is 19.4. The van der Waals surface area contributed by atoms with E-state index < -0.39 is 9.84 Å². The lowest BCUT2D eigenvalue weighted by molar-refractivity contribution is 0.102. The van der Waals surface area contributed by atoms with Gasteiger partial charge in [-0.05, 0) is 67.8 Å². The summed E-state index contributed by atoms with van der Waals surface area (Å²) < 4.78 is 27.3. The number of hydrogen-bond acceptors (Lipinski definition) is 4. The Kier molecular flexibility index (Phi) is 5.24. The Balaban J connectivity index is 1.50. The number of amides is 1. The maximum Gasteiger partial charge on any atom is 0.255 e. The van der Waals surface area contributed by atoms with Gasteiger partial charge in [0.1, 0.15) is 0 Å². The molecule has 7 heteroatoms. The summed E-state index contributed by atoms with van der Waals surface area (Å²) in [5, 5.41) is 6.74. The number of aromatic nitrogens is 2. The van der Waals surface area contributed by atoms with Crippen LogP contribution in [0.1, 0.15) is 41.6 Å². The van der Waals surface area contributed by atoms with Gasteiger partial charge in [0.15, 0.2) is 9.84 Å². The van der Waals surface area contributed by atoms with Crippen molar-refractivity contribution in [3.63, 3.8) is 0 Å². The van der Waals surface area contributed by atoms with Crippen molar-refractivity contribution in [2.75, 3.05) is 5.32 Å². The smallest absolute Gasteiger partial charge is 0.255 e. The molecule has 4 rings (SSSR count). The first-order valence-corrected chi connectivity index (χ1v) is 11.3. The van der Waals surface area contributed by atoms with E-state index in [4.69, 9.17) is 0 Å². The van der Waals surface area contributed by atoms with E-state index in [0.29, 0.717) is 24.1 Å². The number of nitrogens with zero attached hydrogens (tertiary/aromatic N) is 2. The van der Waals surface area contributed by atoms with Gasteiger partial charge < -0.3 is 5.32 Å². The van der Waals surface area contributed by atoms with Gasteiger partial charge in [-0.3, -0.25) is 4.79 Å². The van der Waals surface area contributed by atoms with Crippen LogP contribution in [-0.4, -0.2) is 29.4 Å². The zero-order valence-electron chi connectivity index (χ0n) is 16.2. The number of rotatable bonds is 5.